The van der Waals surface area contributed by atoms with Gasteiger partial charge in [0.1, 0.15) is 22.3 Å². The van der Waals surface area contributed by atoms with Gasteiger partial charge in [0, 0.05) is 21.9 Å². The van der Waals surface area contributed by atoms with Crippen LogP contribution >= 0.6 is 0 Å². The van der Waals surface area contributed by atoms with E-state index in [1.54, 1.807) is 6.07 Å². The molecule has 0 spiro atoms. The summed E-state index contributed by atoms with van der Waals surface area (Å²) in [7, 11) is 0. The first-order valence-electron chi connectivity index (χ1n) is 20.7. The summed E-state index contributed by atoms with van der Waals surface area (Å²) in [5.74, 6) is 0. The van der Waals surface area contributed by atoms with Gasteiger partial charge >= 0.3 is 0 Å². The van der Waals surface area contributed by atoms with Crippen LogP contribution in [-0.2, 0) is 5.41 Å². The van der Waals surface area contributed by atoms with Gasteiger partial charge in [-0.3, -0.25) is 0 Å². The first-order chi connectivity index (χ1) is 28.6. The average Bonchev–Trinajstić information content (AvgIpc) is 3.90. The van der Waals surface area contributed by atoms with Gasteiger partial charge in [0.15, 0.2) is 0 Å². The standard InChI is InChI=1S/C51H35NO2/c1-51(2)40-21-11-9-19-36(40)48-39(33-17-7-4-8-18-33)30-35(31-41(48)51)52(42-22-13-25-45-49(42)37-20-10-12-24-44(37)53-45)43-23-14-26-46-50(43)38-28-27-34(29-47(38)54-46)32-15-5-3-6-16-32/h3-31H,1-2H3/i3D,5D,6D,15D,16D. The summed E-state index contributed by atoms with van der Waals surface area (Å²) >= 11 is 0. The van der Waals surface area contributed by atoms with Gasteiger partial charge < -0.3 is 13.7 Å². The van der Waals surface area contributed by atoms with E-state index in [0.29, 0.717) is 16.7 Å². The molecule has 0 atom stereocenters. The van der Waals surface area contributed by atoms with Crippen LogP contribution in [0.3, 0.4) is 0 Å². The van der Waals surface area contributed by atoms with E-state index < -0.39 is 6.04 Å². The first-order valence-corrected chi connectivity index (χ1v) is 18.2. The van der Waals surface area contributed by atoms with E-state index >= 15 is 0 Å². The SMILES string of the molecule is [2H]c1c([2H])c([2H])c(-c2ccc3c(c2)oc2cccc(N(c4cc(-c5ccccc5)c5c(c4)C(C)(C)c4ccccc4-5)c4cccc5oc6ccccc6c45)c23)c([2H])c1[2H]. The molecule has 2 aromatic heterocycles. The fraction of sp³-hybridized carbons (Fsp3) is 0.0588. The van der Waals surface area contributed by atoms with Crippen molar-refractivity contribution in [3.05, 3.63) is 187 Å². The summed E-state index contributed by atoms with van der Waals surface area (Å²) in [5, 5.41) is 3.70. The molecular formula is C51H35NO2. The van der Waals surface area contributed by atoms with Crippen molar-refractivity contribution in [3.8, 4) is 33.4 Å². The number of nitrogens with zero attached hydrogens (tertiary/aromatic N) is 1. The lowest BCUT2D eigenvalue weighted by Gasteiger charge is -2.30. The topological polar surface area (TPSA) is 29.5 Å². The molecule has 8 aromatic carbocycles. The summed E-state index contributed by atoms with van der Waals surface area (Å²) in [5.41, 5.74) is 13.2. The highest BCUT2D eigenvalue weighted by molar-refractivity contribution is 6.18. The van der Waals surface area contributed by atoms with Crippen LogP contribution in [0.15, 0.2) is 185 Å². The average molecular weight is 699 g/mol. The van der Waals surface area contributed by atoms with E-state index in [2.05, 4.69) is 104 Å². The molecule has 0 unspecified atom stereocenters. The normalized spacial score (nSPS) is 14.4. The highest BCUT2D eigenvalue weighted by Gasteiger charge is 2.38. The second-order valence-electron chi connectivity index (χ2n) is 14.5. The molecular weight excluding hydrogens is 659 g/mol. The van der Waals surface area contributed by atoms with Crippen LogP contribution in [0.5, 0.6) is 0 Å². The van der Waals surface area contributed by atoms with Crippen molar-refractivity contribution in [2.45, 2.75) is 19.3 Å². The molecule has 54 heavy (non-hydrogen) atoms. The van der Waals surface area contributed by atoms with Gasteiger partial charge in [-0.1, -0.05) is 135 Å². The quantitative estimate of drug-likeness (QED) is 0.179. The van der Waals surface area contributed by atoms with Gasteiger partial charge in [-0.2, -0.15) is 0 Å². The smallest absolute Gasteiger partial charge is 0.137 e. The van der Waals surface area contributed by atoms with Crippen LogP contribution in [0.2, 0.25) is 0 Å². The van der Waals surface area contributed by atoms with Crippen molar-refractivity contribution in [3.63, 3.8) is 0 Å². The van der Waals surface area contributed by atoms with Crippen LogP contribution in [-0.4, -0.2) is 0 Å². The predicted octanol–water partition coefficient (Wildman–Crippen LogP) is 14.6. The van der Waals surface area contributed by atoms with Crippen LogP contribution < -0.4 is 4.90 Å². The second-order valence-corrected chi connectivity index (χ2v) is 14.5. The number of para-hydroxylation sites is 1. The lowest BCUT2D eigenvalue weighted by molar-refractivity contribution is 0.660. The molecule has 1 aliphatic rings. The van der Waals surface area contributed by atoms with Gasteiger partial charge in [0.25, 0.3) is 0 Å². The Morgan fingerprint density at radius 1 is 0.481 bits per heavy atom. The molecule has 0 aliphatic heterocycles. The van der Waals surface area contributed by atoms with Crippen molar-refractivity contribution in [1.29, 1.82) is 0 Å². The summed E-state index contributed by atoms with van der Waals surface area (Å²) in [6, 6.07) is 48.3. The Morgan fingerprint density at radius 2 is 1.13 bits per heavy atom. The van der Waals surface area contributed by atoms with Crippen LogP contribution in [0.1, 0.15) is 31.8 Å². The van der Waals surface area contributed by atoms with Crippen molar-refractivity contribution < 1.29 is 15.7 Å². The molecule has 0 radical (unpaired) electrons. The number of rotatable bonds is 5. The number of hydrogen-bond acceptors (Lipinski definition) is 3. The Balaban J connectivity index is 1.23. The zero-order valence-electron chi connectivity index (χ0n) is 34.6. The van der Waals surface area contributed by atoms with Gasteiger partial charge in [-0.05, 0) is 99.1 Å². The molecule has 11 rings (SSSR count). The monoisotopic (exact) mass is 698 g/mol. The lowest BCUT2D eigenvalue weighted by Crippen LogP contribution is -2.17. The predicted molar refractivity (Wildman–Crippen MR) is 224 cm³/mol. The molecule has 0 fully saturated rings. The third-order valence-electron chi connectivity index (χ3n) is 11.1. The van der Waals surface area contributed by atoms with Gasteiger partial charge in [-0.25, -0.2) is 0 Å². The maximum atomic E-state index is 8.66. The fourth-order valence-corrected chi connectivity index (χ4v) is 8.67. The Labute approximate surface area is 320 Å². The van der Waals surface area contributed by atoms with E-state index in [1.807, 2.05) is 54.6 Å². The molecule has 3 heteroatoms. The molecule has 0 saturated carbocycles. The van der Waals surface area contributed by atoms with Gasteiger partial charge in [-0.15, -0.1) is 0 Å². The number of benzene rings is 8. The minimum atomic E-state index is -0.423. The maximum Gasteiger partial charge on any atom is 0.137 e. The number of furan rings is 2. The fourth-order valence-electron chi connectivity index (χ4n) is 8.67. The van der Waals surface area contributed by atoms with E-state index in [1.165, 1.54) is 22.3 Å². The highest BCUT2D eigenvalue weighted by atomic mass is 16.3. The molecule has 1 aliphatic carbocycles. The molecule has 0 amide bonds. The van der Waals surface area contributed by atoms with Crippen LogP contribution in [0.4, 0.5) is 17.1 Å². The highest BCUT2D eigenvalue weighted by Crippen LogP contribution is 2.55. The Morgan fingerprint density at radius 3 is 1.91 bits per heavy atom. The summed E-state index contributed by atoms with van der Waals surface area (Å²) in [4.78, 5) is 2.33. The van der Waals surface area contributed by atoms with Crippen LogP contribution in [0, 0.1) is 0 Å². The molecule has 256 valence electrons. The van der Waals surface area contributed by atoms with E-state index in [4.69, 9.17) is 15.7 Å². The maximum absolute atomic E-state index is 8.66. The Kier molecular flexibility index (Phi) is 5.58. The number of hydrogen-bond donors (Lipinski definition) is 0. The molecule has 0 saturated heterocycles. The van der Waals surface area contributed by atoms with Crippen molar-refractivity contribution in [1.82, 2.24) is 0 Å². The minimum absolute atomic E-state index is 0.133. The van der Waals surface area contributed by atoms with Crippen molar-refractivity contribution in [2.75, 3.05) is 4.90 Å². The van der Waals surface area contributed by atoms with Gasteiger partial charge in [0.05, 0.1) is 29.0 Å². The zero-order valence-corrected chi connectivity index (χ0v) is 29.6. The molecule has 2 heterocycles. The number of fused-ring (bicyclic) bond motifs is 9. The number of anilines is 3. The molecule has 10 aromatic rings. The van der Waals surface area contributed by atoms with Gasteiger partial charge in [0.2, 0.25) is 0 Å². The van der Waals surface area contributed by atoms with Crippen LogP contribution in [0.25, 0.3) is 77.3 Å². The molecule has 0 N–H and O–H groups in total. The zero-order chi connectivity index (χ0) is 40.3. The molecule has 0 bridgehead atoms. The second kappa shape index (κ2) is 11.6. The Hall–Kier alpha value is -6.84. The van der Waals surface area contributed by atoms with Crippen molar-refractivity contribution in [2.24, 2.45) is 0 Å². The van der Waals surface area contributed by atoms with Crippen molar-refractivity contribution >= 4 is 60.9 Å². The summed E-state index contributed by atoms with van der Waals surface area (Å²) in [6.45, 7) is 4.62. The molecule has 3 nitrogen and oxygen atoms in total. The largest absolute Gasteiger partial charge is 0.456 e. The Bertz CT molecular complexity index is 3350. The van der Waals surface area contributed by atoms with E-state index in [-0.39, 0.29) is 35.1 Å². The first kappa shape index (κ1) is 26.0. The lowest BCUT2D eigenvalue weighted by atomic mass is 9.81. The summed E-state index contributed by atoms with van der Waals surface area (Å²) < 4.78 is 55.2. The summed E-state index contributed by atoms with van der Waals surface area (Å²) in [6.07, 6.45) is 0. The third kappa shape index (κ3) is 4.48. The minimum Gasteiger partial charge on any atom is -0.456 e. The third-order valence-corrected chi connectivity index (χ3v) is 11.1. The van der Waals surface area contributed by atoms with E-state index in [9.17, 15) is 0 Å². The van der Waals surface area contributed by atoms with E-state index in [0.717, 1.165) is 60.9 Å².